The van der Waals surface area contributed by atoms with Crippen LogP contribution in [0.3, 0.4) is 0 Å². The van der Waals surface area contributed by atoms with Crippen molar-refractivity contribution in [2.75, 3.05) is 0 Å². The maximum absolute atomic E-state index is 13.5. The number of carbonyl (C=O) groups excluding carboxylic acids is 1. The molecule has 0 saturated carbocycles. The quantitative estimate of drug-likeness (QED) is 0.382. The third kappa shape index (κ3) is 3.63. The van der Waals surface area contributed by atoms with Gasteiger partial charge in [-0.3, -0.25) is 9.78 Å². The first kappa shape index (κ1) is 21.8. The molecule has 34 heavy (non-hydrogen) atoms. The molecule has 5 rings (SSSR count). The van der Waals surface area contributed by atoms with E-state index in [1.54, 1.807) is 31.2 Å². The molecule has 0 atom stereocenters. The standard InChI is InChI=1S/C27H23FN2O4/c1-15-22(21(31)13-6-16-4-11-19(28)12-5-16)23(17-7-9-18(10-8-17)27(33)34)24-25(29-15)20-3-2-14-30(20)26(24)32/h4-5,7-12,32H,2-3,6,13-14H2,1H3,(H,33,34). The Labute approximate surface area is 195 Å². The van der Waals surface area contributed by atoms with Crippen LogP contribution in [0.2, 0.25) is 0 Å². The molecule has 0 spiro atoms. The summed E-state index contributed by atoms with van der Waals surface area (Å²) in [6.07, 6.45) is 2.33. The van der Waals surface area contributed by atoms with Gasteiger partial charge in [-0.2, -0.15) is 0 Å². The van der Waals surface area contributed by atoms with Gasteiger partial charge < -0.3 is 14.8 Å². The molecule has 4 aromatic rings. The molecule has 1 aliphatic heterocycles. The van der Waals surface area contributed by atoms with Crippen molar-refractivity contribution in [3.63, 3.8) is 0 Å². The zero-order valence-electron chi connectivity index (χ0n) is 18.6. The van der Waals surface area contributed by atoms with Crippen molar-refractivity contribution in [3.8, 4) is 17.0 Å². The first-order valence-electron chi connectivity index (χ1n) is 11.2. The first-order valence-corrected chi connectivity index (χ1v) is 11.2. The summed E-state index contributed by atoms with van der Waals surface area (Å²) < 4.78 is 15.1. The van der Waals surface area contributed by atoms with Gasteiger partial charge in [0, 0.05) is 35.5 Å². The van der Waals surface area contributed by atoms with Gasteiger partial charge >= 0.3 is 5.97 Å². The zero-order chi connectivity index (χ0) is 24.0. The molecule has 0 bridgehead atoms. The average Bonchev–Trinajstić information content (AvgIpc) is 3.41. The minimum absolute atomic E-state index is 0.0832. The van der Waals surface area contributed by atoms with Crippen LogP contribution in [-0.2, 0) is 19.4 Å². The van der Waals surface area contributed by atoms with Crippen LogP contribution in [0, 0.1) is 12.7 Å². The number of aromatic carboxylic acids is 1. The van der Waals surface area contributed by atoms with E-state index in [2.05, 4.69) is 0 Å². The molecule has 0 amide bonds. The lowest BCUT2D eigenvalue weighted by Gasteiger charge is -2.15. The van der Waals surface area contributed by atoms with Crippen LogP contribution in [-0.4, -0.2) is 31.5 Å². The van der Waals surface area contributed by atoms with Crippen molar-refractivity contribution in [2.24, 2.45) is 0 Å². The smallest absolute Gasteiger partial charge is 0.335 e. The molecule has 172 valence electrons. The SMILES string of the molecule is Cc1nc2c3n(c(O)c2c(-c2ccc(C(=O)O)cc2)c1C(=O)CCc1ccc(F)cc1)CCC3. The fourth-order valence-electron chi connectivity index (χ4n) is 4.86. The Balaban J connectivity index is 1.66. The number of pyridine rings is 1. The van der Waals surface area contributed by atoms with Crippen LogP contribution in [0.15, 0.2) is 48.5 Å². The maximum Gasteiger partial charge on any atom is 0.335 e. The number of aromatic hydroxyl groups is 1. The normalized spacial score (nSPS) is 12.8. The number of Topliss-reactive ketones (excluding diaryl/α,β-unsaturated/α-hetero) is 1. The van der Waals surface area contributed by atoms with Crippen LogP contribution in [0.4, 0.5) is 4.39 Å². The fourth-order valence-corrected chi connectivity index (χ4v) is 4.86. The molecule has 3 heterocycles. The number of rotatable bonds is 6. The number of aryl methyl sites for hydroxylation is 3. The highest BCUT2D eigenvalue weighted by Gasteiger charge is 2.29. The molecule has 6 nitrogen and oxygen atoms in total. The van der Waals surface area contributed by atoms with E-state index in [1.165, 1.54) is 24.3 Å². The Kier molecular flexibility index (Phi) is 5.40. The Bertz CT molecular complexity index is 1440. The van der Waals surface area contributed by atoms with Crippen molar-refractivity contribution in [2.45, 2.75) is 39.2 Å². The monoisotopic (exact) mass is 458 g/mol. The van der Waals surface area contributed by atoms with Gasteiger partial charge in [0.1, 0.15) is 5.82 Å². The van der Waals surface area contributed by atoms with Crippen LogP contribution in [0.25, 0.3) is 22.0 Å². The minimum atomic E-state index is -1.04. The van der Waals surface area contributed by atoms with E-state index in [-0.39, 0.29) is 29.5 Å². The fraction of sp³-hybridized carbons (Fsp3) is 0.222. The summed E-state index contributed by atoms with van der Waals surface area (Å²) in [4.78, 5) is 29.6. The van der Waals surface area contributed by atoms with E-state index in [9.17, 15) is 24.2 Å². The summed E-state index contributed by atoms with van der Waals surface area (Å²) in [5, 5.41) is 20.9. The van der Waals surface area contributed by atoms with Gasteiger partial charge in [-0.25, -0.2) is 9.18 Å². The van der Waals surface area contributed by atoms with E-state index in [0.717, 1.165) is 24.1 Å². The summed E-state index contributed by atoms with van der Waals surface area (Å²) in [7, 11) is 0. The van der Waals surface area contributed by atoms with Gasteiger partial charge in [0.05, 0.1) is 16.5 Å². The van der Waals surface area contributed by atoms with Crippen LogP contribution >= 0.6 is 0 Å². The summed E-state index contributed by atoms with van der Waals surface area (Å²) in [5.41, 5.74) is 4.81. The minimum Gasteiger partial charge on any atom is -0.494 e. The molecule has 0 unspecified atom stereocenters. The lowest BCUT2D eigenvalue weighted by molar-refractivity contribution is 0.0696. The molecule has 1 aliphatic rings. The number of carboxylic acid groups (broad SMARTS) is 1. The van der Waals surface area contributed by atoms with Crippen LogP contribution < -0.4 is 0 Å². The first-order chi connectivity index (χ1) is 16.3. The molecule has 0 aliphatic carbocycles. The van der Waals surface area contributed by atoms with Gasteiger partial charge in [0.15, 0.2) is 5.78 Å². The van der Waals surface area contributed by atoms with E-state index in [0.29, 0.717) is 46.3 Å². The molecule has 0 fully saturated rings. The summed E-state index contributed by atoms with van der Waals surface area (Å²) in [5.74, 6) is -1.42. The van der Waals surface area contributed by atoms with Crippen molar-refractivity contribution in [1.82, 2.24) is 9.55 Å². The molecular formula is C27H23FN2O4. The topological polar surface area (TPSA) is 92.4 Å². The van der Waals surface area contributed by atoms with Gasteiger partial charge in [-0.15, -0.1) is 0 Å². The molecule has 0 saturated heterocycles. The highest BCUT2D eigenvalue weighted by molar-refractivity contribution is 6.13. The van der Waals surface area contributed by atoms with Crippen LogP contribution in [0.1, 0.15) is 50.5 Å². The lowest BCUT2D eigenvalue weighted by Crippen LogP contribution is -2.08. The highest BCUT2D eigenvalue weighted by atomic mass is 19.1. The number of fused-ring (bicyclic) bond motifs is 3. The van der Waals surface area contributed by atoms with Crippen molar-refractivity contribution < 1.29 is 24.2 Å². The Morgan fingerprint density at radius 3 is 2.47 bits per heavy atom. The highest BCUT2D eigenvalue weighted by Crippen LogP contribution is 2.43. The number of aromatic nitrogens is 2. The van der Waals surface area contributed by atoms with E-state index in [4.69, 9.17) is 4.98 Å². The number of halogens is 1. The molecule has 7 heteroatoms. The number of carbonyl (C=O) groups is 2. The predicted octanol–water partition coefficient (Wildman–Crippen LogP) is 5.32. The predicted molar refractivity (Wildman–Crippen MR) is 126 cm³/mol. The second kappa shape index (κ2) is 8.41. The number of hydrogen-bond acceptors (Lipinski definition) is 4. The number of benzene rings is 2. The second-order valence-electron chi connectivity index (χ2n) is 8.63. The van der Waals surface area contributed by atoms with E-state index < -0.39 is 5.97 Å². The average molecular weight is 458 g/mol. The molecule has 0 radical (unpaired) electrons. The number of nitrogens with zero attached hydrogens (tertiary/aromatic N) is 2. The number of carboxylic acids is 1. The number of ketones is 1. The second-order valence-corrected chi connectivity index (χ2v) is 8.63. The van der Waals surface area contributed by atoms with Crippen LogP contribution in [0.5, 0.6) is 5.88 Å². The van der Waals surface area contributed by atoms with Gasteiger partial charge in [0.2, 0.25) is 5.88 Å². The molecular weight excluding hydrogens is 435 g/mol. The van der Waals surface area contributed by atoms with Gasteiger partial charge in [-0.1, -0.05) is 24.3 Å². The Hall–Kier alpha value is -4.00. The largest absolute Gasteiger partial charge is 0.494 e. The van der Waals surface area contributed by atoms with Crippen molar-refractivity contribution in [1.29, 1.82) is 0 Å². The maximum atomic E-state index is 13.5. The third-order valence-corrected chi connectivity index (χ3v) is 6.51. The Morgan fingerprint density at radius 1 is 1.09 bits per heavy atom. The summed E-state index contributed by atoms with van der Waals surface area (Å²) in [6, 6.07) is 12.4. The summed E-state index contributed by atoms with van der Waals surface area (Å²) in [6.45, 7) is 2.47. The molecule has 2 N–H and O–H groups in total. The summed E-state index contributed by atoms with van der Waals surface area (Å²) >= 11 is 0. The molecule has 2 aromatic heterocycles. The van der Waals surface area contributed by atoms with Crippen molar-refractivity contribution in [3.05, 3.63) is 82.4 Å². The van der Waals surface area contributed by atoms with E-state index >= 15 is 0 Å². The van der Waals surface area contributed by atoms with Crippen molar-refractivity contribution >= 4 is 22.7 Å². The van der Waals surface area contributed by atoms with Gasteiger partial charge in [-0.05, 0) is 61.6 Å². The third-order valence-electron chi connectivity index (χ3n) is 6.51. The lowest BCUT2D eigenvalue weighted by atomic mass is 9.90. The van der Waals surface area contributed by atoms with E-state index in [1.807, 2.05) is 4.57 Å². The Morgan fingerprint density at radius 2 is 1.79 bits per heavy atom. The van der Waals surface area contributed by atoms with Gasteiger partial charge in [0.25, 0.3) is 0 Å². The molecule has 2 aromatic carbocycles. The number of hydrogen-bond donors (Lipinski definition) is 2. The zero-order valence-corrected chi connectivity index (χ0v) is 18.6.